The van der Waals surface area contributed by atoms with Gasteiger partial charge in [0.05, 0.1) is 6.61 Å². The highest BCUT2D eigenvalue weighted by Gasteiger charge is 2.26. The molecule has 2 unspecified atom stereocenters. The molecular formula is C17H26N2O. The van der Waals surface area contributed by atoms with E-state index in [1.165, 1.54) is 37.9 Å². The molecule has 1 aliphatic carbocycles. The van der Waals surface area contributed by atoms with Crippen molar-refractivity contribution in [3.63, 3.8) is 0 Å². The minimum atomic E-state index is 0.270. The topological polar surface area (TPSA) is 35.5 Å². The normalized spacial score (nSPS) is 24.9. The SMILES string of the molecule is OCC(CCN1CCC(c2ccccc2)C1)NC1CC1. The van der Waals surface area contributed by atoms with E-state index in [0.717, 1.165) is 13.0 Å². The van der Waals surface area contributed by atoms with E-state index in [2.05, 4.69) is 40.5 Å². The molecule has 2 atom stereocenters. The van der Waals surface area contributed by atoms with Crippen LogP contribution in [0.5, 0.6) is 0 Å². The van der Waals surface area contributed by atoms with Crippen LogP contribution in [-0.2, 0) is 0 Å². The molecule has 0 bridgehead atoms. The quantitative estimate of drug-likeness (QED) is 0.798. The summed E-state index contributed by atoms with van der Waals surface area (Å²) in [6, 6.07) is 11.8. The first-order chi connectivity index (χ1) is 9.85. The van der Waals surface area contributed by atoms with E-state index in [9.17, 15) is 5.11 Å². The van der Waals surface area contributed by atoms with E-state index in [0.29, 0.717) is 18.0 Å². The molecule has 1 heterocycles. The highest BCUT2D eigenvalue weighted by molar-refractivity contribution is 5.20. The van der Waals surface area contributed by atoms with Crippen molar-refractivity contribution in [2.24, 2.45) is 0 Å². The fraction of sp³-hybridized carbons (Fsp3) is 0.647. The van der Waals surface area contributed by atoms with Gasteiger partial charge in [-0.1, -0.05) is 30.3 Å². The Labute approximate surface area is 122 Å². The van der Waals surface area contributed by atoms with Crippen molar-refractivity contribution in [3.8, 4) is 0 Å². The van der Waals surface area contributed by atoms with Crippen LogP contribution in [0.3, 0.4) is 0 Å². The standard InChI is InChI=1S/C17H26N2O/c20-13-17(18-16-6-7-16)9-11-19-10-8-15(12-19)14-4-2-1-3-5-14/h1-5,15-18,20H,6-13H2. The van der Waals surface area contributed by atoms with Crippen LogP contribution in [0, 0.1) is 0 Å². The van der Waals surface area contributed by atoms with E-state index >= 15 is 0 Å². The molecule has 3 nitrogen and oxygen atoms in total. The molecule has 0 amide bonds. The van der Waals surface area contributed by atoms with E-state index in [-0.39, 0.29) is 6.61 Å². The van der Waals surface area contributed by atoms with Crippen molar-refractivity contribution in [1.29, 1.82) is 0 Å². The maximum absolute atomic E-state index is 9.43. The summed E-state index contributed by atoms with van der Waals surface area (Å²) >= 11 is 0. The van der Waals surface area contributed by atoms with Crippen molar-refractivity contribution in [1.82, 2.24) is 10.2 Å². The van der Waals surface area contributed by atoms with Crippen LogP contribution in [0.4, 0.5) is 0 Å². The maximum atomic E-state index is 9.43. The molecule has 1 saturated carbocycles. The van der Waals surface area contributed by atoms with Crippen LogP contribution in [0.15, 0.2) is 30.3 Å². The third-order valence-electron chi connectivity index (χ3n) is 4.61. The van der Waals surface area contributed by atoms with Crippen molar-refractivity contribution in [2.45, 2.75) is 43.7 Å². The van der Waals surface area contributed by atoms with Gasteiger partial charge in [-0.15, -0.1) is 0 Å². The van der Waals surface area contributed by atoms with Gasteiger partial charge in [0.15, 0.2) is 0 Å². The molecule has 1 aliphatic heterocycles. The zero-order valence-electron chi connectivity index (χ0n) is 12.2. The first-order valence-electron chi connectivity index (χ1n) is 7.99. The molecule has 0 radical (unpaired) electrons. The van der Waals surface area contributed by atoms with Gasteiger partial charge in [0.1, 0.15) is 0 Å². The van der Waals surface area contributed by atoms with Gasteiger partial charge >= 0.3 is 0 Å². The Morgan fingerprint density at radius 2 is 2.00 bits per heavy atom. The second kappa shape index (κ2) is 6.70. The zero-order valence-corrected chi connectivity index (χ0v) is 12.2. The number of nitrogens with zero attached hydrogens (tertiary/aromatic N) is 1. The summed E-state index contributed by atoms with van der Waals surface area (Å²) in [6.07, 6.45) is 4.91. The van der Waals surface area contributed by atoms with Gasteiger partial charge in [-0.25, -0.2) is 0 Å². The lowest BCUT2D eigenvalue weighted by Gasteiger charge is -2.21. The number of hydrogen-bond acceptors (Lipinski definition) is 3. The average Bonchev–Trinajstić information content (AvgIpc) is 3.19. The summed E-state index contributed by atoms with van der Waals surface area (Å²) in [5, 5.41) is 13.0. The number of hydrogen-bond donors (Lipinski definition) is 2. The molecule has 3 rings (SSSR count). The van der Waals surface area contributed by atoms with Crippen LogP contribution in [0.1, 0.15) is 37.2 Å². The predicted molar refractivity (Wildman–Crippen MR) is 81.9 cm³/mol. The number of nitrogens with one attached hydrogen (secondary N) is 1. The Morgan fingerprint density at radius 1 is 1.20 bits per heavy atom. The highest BCUT2D eigenvalue weighted by Crippen LogP contribution is 2.27. The van der Waals surface area contributed by atoms with Crippen LogP contribution in [0.25, 0.3) is 0 Å². The first-order valence-corrected chi connectivity index (χ1v) is 7.99. The molecule has 110 valence electrons. The fourth-order valence-electron chi connectivity index (χ4n) is 3.18. The van der Waals surface area contributed by atoms with E-state index < -0.39 is 0 Å². The number of benzene rings is 1. The smallest absolute Gasteiger partial charge is 0.0585 e. The van der Waals surface area contributed by atoms with Crippen molar-refractivity contribution in [2.75, 3.05) is 26.2 Å². The zero-order chi connectivity index (χ0) is 13.8. The molecule has 1 saturated heterocycles. The lowest BCUT2D eigenvalue weighted by atomic mass is 9.99. The first kappa shape index (κ1) is 14.1. The van der Waals surface area contributed by atoms with Crippen LogP contribution in [-0.4, -0.2) is 48.3 Å². The number of aliphatic hydroxyl groups excluding tert-OH is 1. The van der Waals surface area contributed by atoms with Gasteiger partial charge in [0.25, 0.3) is 0 Å². The Balaban J connectivity index is 1.43. The molecule has 1 aromatic rings. The molecule has 0 aromatic heterocycles. The summed E-state index contributed by atoms with van der Waals surface area (Å²) in [4.78, 5) is 2.55. The largest absolute Gasteiger partial charge is 0.395 e. The minimum absolute atomic E-state index is 0.270. The number of aliphatic hydroxyl groups is 1. The molecule has 2 aliphatic rings. The van der Waals surface area contributed by atoms with Crippen molar-refractivity contribution < 1.29 is 5.11 Å². The lowest BCUT2D eigenvalue weighted by molar-refractivity contribution is 0.215. The van der Waals surface area contributed by atoms with Gasteiger partial charge in [-0.2, -0.15) is 0 Å². The second-order valence-corrected chi connectivity index (χ2v) is 6.31. The predicted octanol–water partition coefficient (Wildman–Crippen LogP) is 1.98. The molecule has 2 N–H and O–H groups in total. The van der Waals surface area contributed by atoms with Gasteiger partial charge < -0.3 is 15.3 Å². The summed E-state index contributed by atoms with van der Waals surface area (Å²) in [7, 11) is 0. The molecule has 1 aromatic carbocycles. The van der Waals surface area contributed by atoms with E-state index in [1.807, 2.05) is 0 Å². The minimum Gasteiger partial charge on any atom is -0.395 e. The van der Waals surface area contributed by atoms with Gasteiger partial charge in [-0.3, -0.25) is 0 Å². The average molecular weight is 274 g/mol. The van der Waals surface area contributed by atoms with E-state index in [1.54, 1.807) is 0 Å². The summed E-state index contributed by atoms with van der Waals surface area (Å²) in [6.45, 7) is 3.74. The van der Waals surface area contributed by atoms with Crippen molar-refractivity contribution in [3.05, 3.63) is 35.9 Å². The molecular weight excluding hydrogens is 248 g/mol. The fourth-order valence-corrected chi connectivity index (χ4v) is 3.18. The van der Waals surface area contributed by atoms with Gasteiger partial charge in [-0.05, 0) is 50.3 Å². The van der Waals surface area contributed by atoms with Crippen molar-refractivity contribution >= 4 is 0 Å². The number of rotatable bonds is 7. The Morgan fingerprint density at radius 3 is 2.70 bits per heavy atom. The Kier molecular flexibility index (Phi) is 4.71. The van der Waals surface area contributed by atoms with Crippen LogP contribution >= 0.6 is 0 Å². The highest BCUT2D eigenvalue weighted by atomic mass is 16.3. The molecule has 20 heavy (non-hydrogen) atoms. The second-order valence-electron chi connectivity index (χ2n) is 6.31. The third kappa shape index (κ3) is 3.81. The summed E-state index contributed by atoms with van der Waals surface area (Å²) < 4.78 is 0. The van der Waals surface area contributed by atoms with Crippen LogP contribution < -0.4 is 5.32 Å². The lowest BCUT2D eigenvalue weighted by Crippen LogP contribution is -2.37. The summed E-state index contributed by atoms with van der Waals surface area (Å²) in [5.74, 6) is 0.695. The van der Waals surface area contributed by atoms with Gasteiger partial charge in [0, 0.05) is 18.6 Å². The Hall–Kier alpha value is -0.900. The maximum Gasteiger partial charge on any atom is 0.0585 e. The van der Waals surface area contributed by atoms with Crippen LogP contribution in [0.2, 0.25) is 0 Å². The van der Waals surface area contributed by atoms with E-state index in [4.69, 9.17) is 0 Å². The monoisotopic (exact) mass is 274 g/mol. The molecule has 2 fully saturated rings. The summed E-state index contributed by atoms with van der Waals surface area (Å²) in [5.41, 5.74) is 1.48. The molecule has 3 heteroatoms. The number of likely N-dealkylation sites (tertiary alicyclic amines) is 1. The third-order valence-corrected chi connectivity index (χ3v) is 4.61. The van der Waals surface area contributed by atoms with Gasteiger partial charge in [0.2, 0.25) is 0 Å². The Bertz CT molecular complexity index is 405. The molecule has 0 spiro atoms.